The molecule has 6 heteroatoms. The first-order valence-electron chi connectivity index (χ1n) is 5.28. The Kier molecular flexibility index (Phi) is 5.58. The van der Waals surface area contributed by atoms with E-state index in [2.05, 4.69) is 20.7 Å². The number of rotatable bonds is 6. The van der Waals surface area contributed by atoms with Crippen LogP contribution < -0.4 is 4.72 Å². The minimum absolute atomic E-state index is 0.236. The van der Waals surface area contributed by atoms with Crippen molar-refractivity contribution in [2.24, 2.45) is 0 Å². The molecule has 1 rings (SSSR count). The summed E-state index contributed by atoms with van der Waals surface area (Å²) in [6.07, 6.45) is -0.105. The van der Waals surface area contributed by atoms with Gasteiger partial charge in [0.1, 0.15) is 0 Å². The van der Waals surface area contributed by atoms with Gasteiger partial charge in [0.25, 0.3) is 0 Å². The first kappa shape index (κ1) is 14.6. The Morgan fingerprint density at radius 3 is 2.41 bits per heavy atom. The normalized spacial score (nSPS) is 13.6. The van der Waals surface area contributed by atoms with Crippen molar-refractivity contribution in [2.75, 3.05) is 6.54 Å². The Bertz CT molecular complexity index is 442. The Labute approximate surface area is 110 Å². The van der Waals surface area contributed by atoms with Gasteiger partial charge in [-0.05, 0) is 31.0 Å². The third-order valence-electron chi connectivity index (χ3n) is 2.24. The van der Waals surface area contributed by atoms with Crippen molar-refractivity contribution in [3.63, 3.8) is 0 Å². The van der Waals surface area contributed by atoms with Crippen molar-refractivity contribution >= 4 is 26.0 Å². The van der Waals surface area contributed by atoms with Crippen LogP contribution >= 0.6 is 15.9 Å². The third-order valence-corrected chi connectivity index (χ3v) is 4.37. The molecule has 0 heterocycles. The fourth-order valence-corrected chi connectivity index (χ4v) is 2.66. The zero-order valence-corrected chi connectivity index (χ0v) is 12.0. The number of sulfonamides is 1. The highest BCUT2D eigenvalue weighted by Crippen LogP contribution is 2.12. The molecule has 1 atom stereocenters. The van der Waals surface area contributed by atoms with Crippen molar-refractivity contribution in [1.82, 2.24) is 4.72 Å². The number of hydrogen-bond donors (Lipinski definition) is 2. The van der Waals surface area contributed by atoms with E-state index in [1.165, 1.54) is 0 Å². The van der Waals surface area contributed by atoms with Gasteiger partial charge in [0.15, 0.2) is 0 Å². The molecule has 0 radical (unpaired) electrons. The lowest BCUT2D eigenvalue weighted by atomic mass is 10.2. The summed E-state index contributed by atoms with van der Waals surface area (Å²) < 4.78 is 26.1. The predicted octanol–water partition coefficient (Wildman–Crippen LogP) is 1.63. The average Bonchev–Trinajstić information content (AvgIpc) is 2.28. The molecule has 0 aromatic heterocycles. The molecular formula is C11H16BrNO3S. The SMILES string of the molecule is CC(O)CCNS(=O)(=O)c1ccc(CBr)cc1. The van der Waals surface area contributed by atoms with Crippen LogP contribution in [-0.4, -0.2) is 26.2 Å². The zero-order chi connectivity index (χ0) is 12.9. The van der Waals surface area contributed by atoms with Crippen molar-refractivity contribution in [2.45, 2.75) is 29.7 Å². The van der Waals surface area contributed by atoms with Gasteiger partial charge in [0, 0.05) is 11.9 Å². The standard InChI is InChI=1S/C11H16BrNO3S/c1-9(14)6-7-13-17(15,16)11-4-2-10(8-12)3-5-11/h2-5,9,13-14H,6-8H2,1H3. The van der Waals surface area contributed by atoms with E-state index in [1.807, 2.05) is 0 Å². The monoisotopic (exact) mass is 321 g/mol. The molecule has 2 N–H and O–H groups in total. The molecule has 0 aliphatic heterocycles. The maximum absolute atomic E-state index is 11.8. The van der Waals surface area contributed by atoms with Gasteiger partial charge < -0.3 is 5.11 Å². The molecule has 0 aliphatic carbocycles. The van der Waals surface area contributed by atoms with E-state index in [4.69, 9.17) is 5.11 Å². The molecule has 0 saturated heterocycles. The van der Waals surface area contributed by atoms with Gasteiger partial charge in [-0.25, -0.2) is 13.1 Å². The first-order valence-corrected chi connectivity index (χ1v) is 7.89. The summed E-state index contributed by atoms with van der Waals surface area (Å²) in [6, 6.07) is 6.67. The molecular weight excluding hydrogens is 306 g/mol. The average molecular weight is 322 g/mol. The molecule has 96 valence electrons. The minimum Gasteiger partial charge on any atom is -0.393 e. The number of halogens is 1. The molecule has 0 spiro atoms. The predicted molar refractivity (Wildman–Crippen MR) is 70.6 cm³/mol. The van der Waals surface area contributed by atoms with Crippen molar-refractivity contribution in [3.05, 3.63) is 29.8 Å². The maximum atomic E-state index is 11.8. The first-order chi connectivity index (χ1) is 7.95. The van der Waals surface area contributed by atoms with Gasteiger partial charge in [0.05, 0.1) is 11.0 Å². The summed E-state index contributed by atoms with van der Waals surface area (Å²) >= 11 is 3.30. The van der Waals surface area contributed by atoms with Crippen molar-refractivity contribution in [3.8, 4) is 0 Å². The second-order valence-electron chi connectivity index (χ2n) is 3.81. The molecule has 1 unspecified atom stereocenters. The molecule has 1 aromatic rings. The van der Waals surface area contributed by atoms with E-state index in [0.29, 0.717) is 11.8 Å². The largest absolute Gasteiger partial charge is 0.393 e. The fourth-order valence-electron chi connectivity index (χ4n) is 1.24. The quantitative estimate of drug-likeness (QED) is 0.783. The van der Waals surface area contributed by atoms with Crippen LogP contribution in [0.2, 0.25) is 0 Å². The minimum atomic E-state index is -3.46. The van der Waals surface area contributed by atoms with Gasteiger partial charge in [-0.2, -0.15) is 0 Å². The fraction of sp³-hybridized carbons (Fsp3) is 0.455. The zero-order valence-electron chi connectivity index (χ0n) is 9.56. The second kappa shape index (κ2) is 6.49. The molecule has 0 fully saturated rings. The van der Waals surface area contributed by atoms with E-state index < -0.39 is 16.1 Å². The summed E-state index contributed by atoms with van der Waals surface area (Å²) in [5.74, 6) is 0. The molecule has 0 aliphatic rings. The Morgan fingerprint density at radius 1 is 1.35 bits per heavy atom. The van der Waals surface area contributed by atoms with E-state index in [0.717, 1.165) is 5.56 Å². The van der Waals surface area contributed by atoms with E-state index in [-0.39, 0.29) is 11.4 Å². The smallest absolute Gasteiger partial charge is 0.240 e. The number of alkyl halides is 1. The van der Waals surface area contributed by atoms with Crippen molar-refractivity contribution < 1.29 is 13.5 Å². The summed E-state index contributed by atoms with van der Waals surface area (Å²) in [5.41, 5.74) is 1.02. The van der Waals surface area contributed by atoms with Crippen LogP contribution in [0.25, 0.3) is 0 Å². The van der Waals surface area contributed by atoms with Crippen LogP contribution in [0, 0.1) is 0 Å². The molecule has 1 aromatic carbocycles. The Hall–Kier alpha value is -0.430. The van der Waals surface area contributed by atoms with Gasteiger partial charge in [-0.3, -0.25) is 0 Å². The van der Waals surface area contributed by atoms with Crippen LogP contribution in [0.1, 0.15) is 18.9 Å². The van der Waals surface area contributed by atoms with Gasteiger partial charge in [-0.15, -0.1) is 0 Å². The van der Waals surface area contributed by atoms with Gasteiger partial charge >= 0.3 is 0 Å². The lowest BCUT2D eigenvalue weighted by Crippen LogP contribution is -2.26. The summed E-state index contributed by atoms with van der Waals surface area (Å²) in [5, 5.41) is 9.75. The molecule has 0 saturated carbocycles. The van der Waals surface area contributed by atoms with Gasteiger partial charge in [0.2, 0.25) is 10.0 Å². The Balaban J connectivity index is 2.68. The highest BCUT2D eigenvalue weighted by Gasteiger charge is 2.13. The van der Waals surface area contributed by atoms with Crippen LogP contribution in [0.5, 0.6) is 0 Å². The lowest BCUT2D eigenvalue weighted by molar-refractivity contribution is 0.186. The highest BCUT2D eigenvalue weighted by atomic mass is 79.9. The second-order valence-corrected chi connectivity index (χ2v) is 6.14. The summed E-state index contributed by atoms with van der Waals surface area (Å²) in [4.78, 5) is 0.243. The van der Waals surface area contributed by atoms with E-state index in [9.17, 15) is 8.42 Å². The molecule has 17 heavy (non-hydrogen) atoms. The Morgan fingerprint density at radius 2 is 1.94 bits per heavy atom. The van der Waals surface area contributed by atoms with E-state index >= 15 is 0 Å². The number of nitrogens with one attached hydrogen (secondary N) is 1. The van der Waals surface area contributed by atoms with Crippen molar-refractivity contribution in [1.29, 1.82) is 0 Å². The third kappa shape index (κ3) is 4.75. The number of aliphatic hydroxyl groups is 1. The maximum Gasteiger partial charge on any atom is 0.240 e. The van der Waals surface area contributed by atoms with Crippen LogP contribution in [0.3, 0.4) is 0 Å². The van der Waals surface area contributed by atoms with Crippen LogP contribution in [0.4, 0.5) is 0 Å². The van der Waals surface area contributed by atoms with Crippen LogP contribution in [0.15, 0.2) is 29.2 Å². The number of hydrogen-bond acceptors (Lipinski definition) is 3. The molecule has 0 amide bonds. The summed E-state index contributed by atoms with van der Waals surface area (Å²) in [6.45, 7) is 1.86. The van der Waals surface area contributed by atoms with Gasteiger partial charge in [-0.1, -0.05) is 28.1 Å². The number of benzene rings is 1. The number of aliphatic hydroxyl groups excluding tert-OH is 1. The highest BCUT2D eigenvalue weighted by molar-refractivity contribution is 9.08. The summed E-state index contributed by atoms with van der Waals surface area (Å²) in [7, 11) is -3.46. The van der Waals surface area contributed by atoms with E-state index in [1.54, 1.807) is 31.2 Å². The molecule has 4 nitrogen and oxygen atoms in total. The molecule has 0 bridgehead atoms. The topological polar surface area (TPSA) is 66.4 Å². The van der Waals surface area contributed by atoms with Crippen LogP contribution in [-0.2, 0) is 15.4 Å². The lowest BCUT2D eigenvalue weighted by Gasteiger charge is -2.08.